The molecule has 2 aromatic carbocycles. The first-order valence-electron chi connectivity index (χ1n) is 11.0. The molecule has 0 saturated heterocycles. The fraction of sp³-hybridized carbons (Fsp3) is 0.308. The van der Waals surface area contributed by atoms with Gasteiger partial charge in [-0.25, -0.2) is 4.98 Å². The lowest BCUT2D eigenvalue weighted by atomic mass is 10.1. The Morgan fingerprint density at radius 1 is 0.938 bits per heavy atom. The number of nitrogens with one attached hydrogen (secondary N) is 1. The van der Waals surface area contributed by atoms with Crippen LogP contribution in [0.2, 0.25) is 0 Å². The van der Waals surface area contributed by atoms with Crippen LogP contribution in [0.4, 0.5) is 5.82 Å². The molecule has 0 saturated carbocycles. The normalized spacial score (nSPS) is 11.0. The highest BCUT2D eigenvalue weighted by Crippen LogP contribution is 2.30. The lowest BCUT2D eigenvalue weighted by Crippen LogP contribution is -2.11. The van der Waals surface area contributed by atoms with Crippen LogP contribution < -0.4 is 14.8 Å². The summed E-state index contributed by atoms with van der Waals surface area (Å²) in [7, 11) is 3.31. The largest absolute Gasteiger partial charge is 0.493 e. The van der Waals surface area contributed by atoms with Crippen molar-refractivity contribution in [3.05, 3.63) is 71.5 Å². The number of aromatic nitrogens is 3. The van der Waals surface area contributed by atoms with Gasteiger partial charge in [-0.05, 0) is 43.0 Å². The van der Waals surface area contributed by atoms with E-state index in [4.69, 9.17) is 19.6 Å². The molecule has 0 aliphatic rings. The topological polar surface area (TPSA) is 60.7 Å². The standard InChI is InChI=1S/C26H30N4O2/c1-5-9-21-17-24(27-15-14-19-12-13-22(31-3)23(16-19)32-4)30-26(28-21)25(18(2)29-30)20-10-7-6-8-11-20/h6-8,10-13,16-17,27H,5,9,14-15H2,1-4H3. The third-order valence-corrected chi connectivity index (χ3v) is 5.55. The van der Waals surface area contributed by atoms with Gasteiger partial charge in [-0.3, -0.25) is 0 Å². The Hall–Kier alpha value is -3.54. The second-order valence-corrected chi connectivity index (χ2v) is 7.81. The predicted octanol–water partition coefficient (Wildman–Crippen LogP) is 5.33. The molecule has 6 nitrogen and oxygen atoms in total. The molecule has 0 atom stereocenters. The molecule has 2 aromatic heterocycles. The van der Waals surface area contributed by atoms with Gasteiger partial charge in [0.2, 0.25) is 0 Å². The quantitative estimate of drug-likeness (QED) is 0.389. The highest BCUT2D eigenvalue weighted by Gasteiger charge is 2.16. The number of benzene rings is 2. The van der Waals surface area contributed by atoms with Crippen molar-refractivity contribution in [1.82, 2.24) is 14.6 Å². The number of nitrogens with zero attached hydrogens (tertiary/aromatic N) is 3. The van der Waals surface area contributed by atoms with Crippen molar-refractivity contribution in [2.45, 2.75) is 33.1 Å². The van der Waals surface area contributed by atoms with Gasteiger partial charge in [-0.1, -0.05) is 49.7 Å². The summed E-state index contributed by atoms with van der Waals surface area (Å²) in [4.78, 5) is 4.96. The number of hydrogen-bond acceptors (Lipinski definition) is 5. The first kappa shape index (κ1) is 21.7. The van der Waals surface area contributed by atoms with Gasteiger partial charge in [0.05, 0.1) is 19.9 Å². The molecular weight excluding hydrogens is 400 g/mol. The van der Waals surface area contributed by atoms with Gasteiger partial charge in [-0.2, -0.15) is 9.61 Å². The molecule has 6 heteroatoms. The second-order valence-electron chi connectivity index (χ2n) is 7.81. The summed E-state index contributed by atoms with van der Waals surface area (Å²) in [6.07, 6.45) is 2.82. The van der Waals surface area contributed by atoms with Gasteiger partial charge in [0, 0.05) is 23.9 Å². The van der Waals surface area contributed by atoms with Gasteiger partial charge < -0.3 is 14.8 Å². The molecule has 0 unspecified atom stereocenters. The molecule has 0 spiro atoms. The smallest absolute Gasteiger partial charge is 0.165 e. The monoisotopic (exact) mass is 430 g/mol. The van der Waals surface area contributed by atoms with Crippen LogP contribution in [-0.4, -0.2) is 35.4 Å². The van der Waals surface area contributed by atoms with Gasteiger partial charge in [-0.15, -0.1) is 0 Å². The van der Waals surface area contributed by atoms with Crippen molar-refractivity contribution < 1.29 is 9.47 Å². The first-order valence-corrected chi connectivity index (χ1v) is 11.0. The number of ether oxygens (including phenoxy) is 2. The summed E-state index contributed by atoms with van der Waals surface area (Å²) in [6, 6.07) is 18.5. The Morgan fingerprint density at radius 2 is 1.72 bits per heavy atom. The summed E-state index contributed by atoms with van der Waals surface area (Å²) in [5.74, 6) is 2.45. The lowest BCUT2D eigenvalue weighted by Gasteiger charge is -2.12. The lowest BCUT2D eigenvalue weighted by molar-refractivity contribution is 0.354. The Kier molecular flexibility index (Phi) is 6.59. The molecule has 4 rings (SSSR count). The van der Waals surface area contributed by atoms with Crippen molar-refractivity contribution in [3.63, 3.8) is 0 Å². The fourth-order valence-corrected chi connectivity index (χ4v) is 4.00. The third kappa shape index (κ3) is 4.40. The van der Waals surface area contributed by atoms with E-state index in [1.807, 2.05) is 29.6 Å². The Balaban J connectivity index is 1.63. The first-order chi connectivity index (χ1) is 15.6. The Labute approximate surface area is 189 Å². The van der Waals surface area contributed by atoms with Crippen LogP contribution in [-0.2, 0) is 12.8 Å². The van der Waals surface area contributed by atoms with Gasteiger partial charge >= 0.3 is 0 Å². The van der Waals surface area contributed by atoms with Crippen LogP contribution in [0.1, 0.15) is 30.3 Å². The van der Waals surface area contributed by atoms with Gasteiger partial charge in [0.1, 0.15) is 5.82 Å². The van der Waals surface area contributed by atoms with E-state index in [1.54, 1.807) is 14.2 Å². The van der Waals surface area contributed by atoms with Crippen LogP contribution >= 0.6 is 0 Å². The number of hydrogen-bond donors (Lipinski definition) is 1. The summed E-state index contributed by atoms with van der Waals surface area (Å²) in [5, 5.41) is 8.40. The van der Waals surface area contributed by atoms with E-state index in [9.17, 15) is 0 Å². The minimum Gasteiger partial charge on any atom is -0.493 e. The highest BCUT2D eigenvalue weighted by molar-refractivity contribution is 5.80. The maximum Gasteiger partial charge on any atom is 0.165 e. The third-order valence-electron chi connectivity index (χ3n) is 5.55. The molecule has 0 amide bonds. The van der Waals surface area contributed by atoms with Gasteiger partial charge in [0.15, 0.2) is 17.1 Å². The highest BCUT2D eigenvalue weighted by atomic mass is 16.5. The zero-order valence-corrected chi connectivity index (χ0v) is 19.2. The van der Waals surface area contributed by atoms with Crippen molar-refractivity contribution in [1.29, 1.82) is 0 Å². The zero-order chi connectivity index (χ0) is 22.5. The maximum atomic E-state index is 5.43. The zero-order valence-electron chi connectivity index (χ0n) is 19.2. The van der Waals surface area contributed by atoms with E-state index in [2.05, 4.69) is 48.6 Å². The van der Waals surface area contributed by atoms with Crippen molar-refractivity contribution >= 4 is 11.5 Å². The van der Waals surface area contributed by atoms with E-state index in [-0.39, 0.29) is 0 Å². The van der Waals surface area contributed by atoms with E-state index in [0.29, 0.717) is 0 Å². The molecule has 0 bridgehead atoms. The summed E-state index contributed by atoms with van der Waals surface area (Å²) >= 11 is 0. The molecule has 0 radical (unpaired) electrons. The van der Waals surface area contributed by atoms with Gasteiger partial charge in [0.25, 0.3) is 0 Å². The van der Waals surface area contributed by atoms with E-state index in [0.717, 1.165) is 71.3 Å². The van der Waals surface area contributed by atoms with E-state index < -0.39 is 0 Å². The minimum atomic E-state index is 0.740. The van der Waals surface area contributed by atoms with Crippen molar-refractivity contribution in [3.8, 4) is 22.6 Å². The minimum absolute atomic E-state index is 0.740. The molecule has 1 N–H and O–H groups in total. The molecule has 0 aliphatic carbocycles. The van der Waals surface area contributed by atoms with Crippen LogP contribution in [0, 0.1) is 6.92 Å². The molecule has 166 valence electrons. The maximum absolute atomic E-state index is 5.43. The number of anilines is 1. The second kappa shape index (κ2) is 9.73. The van der Waals surface area contributed by atoms with Crippen LogP contribution in [0.25, 0.3) is 16.8 Å². The summed E-state index contributed by atoms with van der Waals surface area (Å²) in [6.45, 7) is 4.99. The van der Waals surface area contributed by atoms with Crippen LogP contribution in [0.15, 0.2) is 54.6 Å². The number of rotatable bonds is 9. The summed E-state index contributed by atoms with van der Waals surface area (Å²) < 4.78 is 12.7. The van der Waals surface area contributed by atoms with Crippen LogP contribution in [0.5, 0.6) is 11.5 Å². The van der Waals surface area contributed by atoms with Crippen LogP contribution in [0.3, 0.4) is 0 Å². The predicted molar refractivity (Wildman–Crippen MR) is 129 cm³/mol. The number of aryl methyl sites for hydroxylation is 2. The fourth-order valence-electron chi connectivity index (χ4n) is 4.00. The average molecular weight is 431 g/mol. The Morgan fingerprint density at radius 3 is 2.44 bits per heavy atom. The molecular formula is C26H30N4O2. The molecule has 2 heterocycles. The number of fused-ring (bicyclic) bond motifs is 1. The van der Waals surface area contributed by atoms with Crippen molar-refractivity contribution in [2.24, 2.45) is 0 Å². The molecule has 32 heavy (non-hydrogen) atoms. The molecule has 4 aromatic rings. The Bertz CT molecular complexity index is 1200. The van der Waals surface area contributed by atoms with E-state index in [1.165, 1.54) is 5.56 Å². The summed E-state index contributed by atoms with van der Waals surface area (Å²) in [5.41, 5.74) is 6.35. The number of methoxy groups -OCH3 is 2. The van der Waals surface area contributed by atoms with E-state index >= 15 is 0 Å². The van der Waals surface area contributed by atoms with Crippen molar-refractivity contribution in [2.75, 3.05) is 26.1 Å². The molecule has 0 fully saturated rings. The SMILES string of the molecule is CCCc1cc(NCCc2ccc(OC)c(OC)c2)n2nc(C)c(-c3ccccc3)c2n1. The molecule has 0 aliphatic heterocycles. The average Bonchev–Trinajstić information content (AvgIpc) is 3.15.